The van der Waals surface area contributed by atoms with E-state index in [0.717, 1.165) is 38.8 Å². The van der Waals surface area contributed by atoms with Crippen LogP contribution in [0, 0.1) is 10.8 Å². The number of hydroxylamine groups is 4. The first-order valence-corrected chi connectivity index (χ1v) is 28.4. The van der Waals surface area contributed by atoms with Gasteiger partial charge in [0.15, 0.2) is 0 Å². The van der Waals surface area contributed by atoms with Gasteiger partial charge in [0.2, 0.25) is 34.0 Å². The minimum absolute atomic E-state index is 0.267. The number of carbonyl (C=O) groups excluding carboxylic acids is 2. The summed E-state index contributed by atoms with van der Waals surface area (Å²) in [6.45, 7) is 17.7. The van der Waals surface area contributed by atoms with E-state index in [9.17, 15) is 31.0 Å². The summed E-state index contributed by atoms with van der Waals surface area (Å²) in [7, 11) is -9.75. The Morgan fingerprint density at radius 1 is 0.652 bits per heavy atom. The van der Waals surface area contributed by atoms with Crippen LogP contribution in [0.3, 0.4) is 0 Å². The predicted octanol–water partition coefficient (Wildman–Crippen LogP) is 6.67. The van der Waals surface area contributed by atoms with Crippen molar-refractivity contribution in [3.05, 3.63) is 23.6 Å². The molecule has 0 unspecified atom stereocenters. The van der Waals surface area contributed by atoms with Crippen molar-refractivity contribution in [3.63, 3.8) is 0 Å². The molecule has 2 aromatic rings. The third kappa shape index (κ3) is 11.7. The second-order valence-corrected chi connectivity index (χ2v) is 23.2. The van der Waals surface area contributed by atoms with Gasteiger partial charge >= 0.3 is 22.5 Å². The van der Waals surface area contributed by atoms with Gasteiger partial charge in [0.05, 0.1) is 38.3 Å². The van der Waals surface area contributed by atoms with Crippen molar-refractivity contribution in [3.8, 4) is 0 Å². The second kappa shape index (κ2) is 21.3. The predicted molar refractivity (Wildman–Crippen MR) is 246 cm³/mol. The summed E-state index contributed by atoms with van der Waals surface area (Å²) in [4.78, 5) is 27.8. The Morgan fingerprint density at radius 3 is 1.41 bits per heavy atom. The summed E-state index contributed by atoms with van der Waals surface area (Å²) in [5, 5.41) is 21.3. The first-order valence-electron chi connectivity index (χ1n) is 25.7. The van der Waals surface area contributed by atoms with Gasteiger partial charge in [-0.1, -0.05) is 59.8 Å². The largest absolute Gasteiger partial charge is 0.724 e. The molecule has 4 amide bonds. The highest BCUT2D eigenvalue weighted by molar-refractivity contribution is 7.81. The van der Waals surface area contributed by atoms with Gasteiger partial charge in [-0.05, 0) is 101 Å². The number of unbranched alkanes of at least 4 members (excludes halogenated alkanes) is 4. The van der Waals surface area contributed by atoms with Gasteiger partial charge < -0.3 is 33.0 Å². The van der Waals surface area contributed by atoms with Crippen LogP contribution in [0.1, 0.15) is 197 Å². The molecule has 4 bridgehead atoms. The number of carbonyl (C=O) groups is 2. The molecule has 8 fully saturated rings. The molecule has 5 aliphatic heterocycles. The maximum atomic E-state index is 12.4. The first kappa shape index (κ1) is 51.8. The average molecular weight is 1010 g/mol. The van der Waals surface area contributed by atoms with E-state index in [2.05, 4.69) is 62.0 Å². The van der Waals surface area contributed by atoms with Gasteiger partial charge in [-0.3, -0.25) is 4.55 Å². The van der Waals surface area contributed by atoms with Crippen LogP contribution < -0.4 is 5.32 Å². The number of quaternary nitrogens is 1. The molecule has 69 heavy (non-hydrogen) atoms. The van der Waals surface area contributed by atoms with E-state index in [-0.39, 0.29) is 19.0 Å². The Labute approximate surface area is 407 Å². The molecule has 7 heterocycles. The van der Waals surface area contributed by atoms with E-state index in [0.29, 0.717) is 76.1 Å². The lowest BCUT2D eigenvalue weighted by molar-refractivity contribution is -0.929. The number of hydrogen-bond acceptors (Lipinski definition) is 16. The topological polar surface area (TPSA) is 267 Å². The number of hydrogen-bond donors (Lipinski definition) is 2. The van der Waals surface area contributed by atoms with Gasteiger partial charge in [0.1, 0.15) is 12.1 Å². The molecule has 5 saturated heterocycles. The molecular weight excluding hydrogens is 937 g/mol. The van der Waals surface area contributed by atoms with Crippen molar-refractivity contribution >= 4 is 32.9 Å². The maximum absolute atomic E-state index is 12.4. The Morgan fingerprint density at radius 2 is 1.06 bits per heavy atom. The number of piperidine rings is 2. The standard InChI is InChI=1S/C16H36N.C15H20N4O6S.C14H19N5O6S/c1-5-9-13-17(14-10-6-2,15-11-7-3)16-12-8-4;20-14-18-8-10(19(14)25-26(21,22)23)2-3-11(18)13-17-16-12(24-13)9-6-15(7-9)4-1-5-15;20-13-18-5-9(19(13)25-26(21,22)23)1-2-10(18)12-17-16-11(24-12)8-3-14(4-8)6-15-7-14/h5-16H2,1-4H3;9-11H,1-8H2,(H,21,22,23);8-10,15H,1-7H2,(H,21,22,23)/q+1;;/p-1/t;10-,11+;9-,10+/m.11/s1. The fourth-order valence-corrected chi connectivity index (χ4v) is 12.9. The van der Waals surface area contributed by atoms with Crippen LogP contribution in [0.25, 0.3) is 0 Å². The second-order valence-electron chi connectivity index (χ2n) is 21.3. The third-order valence-corrected chi connectivity index (χ3v) is 16.9. The number of fused-ring (bicyclic) bond motifs is 4. The van der Waals surface area contributed by atoms with E-state index < -0.39 is 57.0 Å². The number of nitrogens with one attached hydrogen (secondary N) is 1. The third-order valence-electron chi connectivity index (χ3n) is 16.2. The molecule has 388 valence electrons. The lowest BCUT2D eigenvalue weighted by Gasteiger charge is -2.53. The summed E-state index contributed by atoms with van der Waals surface area (Å²) in [5.41, 5.74) is 0.903. The van der Waals surface area contributed by atoms with Gasteiger partial charge in [0, 0.05) is 38.0 Å². The number of nitrogens with zero attached hydrogens (tertiary/aromatic N) is 9. The zero-order chi connectivity index (χ0) is 49.2. The fourth-order valence-electron chi connectivity index (χ4n) is 12.1. The van der Waals surface area contributed by atoms with E-state index >= 15 is 0 Å². The lowest BCUT2D eigenvalue weighted by atomic mass is 9.52. The molecule has 2 N–H and O–H groups in total. The first-order chi connectivity index (χ1) is 32.9. The van der Waals surface area contributed by atoms with Crippen molar-refractivity contribution in [1.82, 2.24) is 45.6 Å². The van der Waals surface area contributed by atoms with Crippen molar-refractivity contribution in [2.75, 3.05) is 52.4 Å². The monoisotopic (exact) mass is 1010 g/mol. The van der Waals surface area contributed by atoms with Crippen LogP contribution in [-0.2, 0) is 29.4 Å². The summed E-state index contributed by atoms with van der Waals surface area (Å²) in [6.07, 6.45) is 21.3. The molecule has 8 aliphatic rings. The van der Waals surface area contributed by atoms with Crippen molar-refractivity contribution in [2.24, 2.45) is 10.8 Å². The van der Waals surface area contributed by atoms with E-state index in [1.165, 1.54) is 111 Å². The van der Waals surface area contributed by atoms with Gasteiger partial charge in [0.25, 0.3) is 0 Å². The molecule has 0 aromatic carbocycles. The van der Waals surface area contributed by atoms with Crippen molar-refractivity contribution in [1.29, 1.82) is 0 Å². The molecule has 22 nitrogen and oxygen atoms in total. The lowest BCUT2D eigenvalue weighted by Crippen LogP contribution is -2.59. The van der Waals surface area contributed by atoms with Gasteiger partial charge in [-0.15, -0.1) is 24.7 Å². The number of urea groups is 2. The Bertz CT molecular complexity index is 2110. The number of amides is 4. The molecule has 24 heteroatoms. The molecule has 2 aromatic heterocycles. The van der Waals surface area contributed by atoms with Crippen LogP contribution in [0.4, 0.5) is 9.59 Å². The zero-order valence-electron chi connectivity index (χ0n) is 40.8. The van der Waals surface area contributed by atoms with Crippen LogP contribution in [-0.4, -0.2) is 147 Å². The smallest absolute Gasteiger partial charge is 0.418 e. The molecule has 3 saturated carbocycles. The highest BCUT2D eigenvalue weighted by Crippen LogP contribution is 2.62. The fraction of sp³-hybridized carbons (Fsp3) is 0.867. The minimum Gasteiger partial charge on any atom is -0.724 e. The van der Waals surface area contributed by atoms with Gasteiger partial charge in [-0.2, -0.15) is 22.8 Å². The quantitative estimate of drug-likeness (QED) is 0.0797. The minimum atomic E-state index is -5.00. The Kier molecular flexibility index (Phi) is 16.0. The van der Waals surface area contributed by atoms with Crippen LogP contribution in [0.5, 0.6) is 0 Å². The molecule has 10 rings (SSSR count). The molecule has 2 spiro atoms. The molecule has 3 aliphatic carbocycles. The number of rotatable bonds is 20. The molecular formula is C45H74N10O12S2. The summed E-state index contributed by atoms with van der Waals surface area (Å²) < 4.78 is 85.2. The normalized spacial score (nSPS) is 26.8. The van der Waals surface area contributed by atoms with Gasteiger partial charge in [-0.25, -0.2) is 18.0 Å². The summed E-state index contributed by atoms with van der Waals surface area (Å²) in [5.74, 6) is 2.54. The van der Waals surface area contributed by atoms with Crippen molar-refractivity contribution in [2.45, 2.75) is 186 Å². The van der Waals surface area contributed by atoms with E-state index in [4.69, 9.17) is 13.4 Å². The summed E-state index contributed by atoms with van der Waals surface area (Å²) in [6, 6.07) is -3.00. The van der Waals surface area contributed by atoms with E-state index in [1.54, 1.807) is 0 Å². The van der Waals surface area contributed by atoms with Crippen molar-refractivity contribution < 1.29 is 57.4 Å². The van der Waals surface area contributed by atoms with E-state index in [1.807, 2.05) is 0 Å². The highest BCUT2D eigenvalue weighted by atomic mass is 32.3. The Balaban J connectivity index is 0.000000144. The average Bonchev–Trinajstić information content (AvgIpc) is 4.03. The summed E-state index contributed by atoms with van der Waals surface area (Å²) >= 11 is 0. The zero-order valence-corrected chi connectivity index (χ0v) is 42.5. The SMILES string of the molecule is CCCC[N+](CCCC)(CCCC)CCCC.O=C1N2C[C@@H](CC[C@H]2c2nnc(C3CC4(CCC4)C3)o2)N1OS(=O)(=O)[O-].O=C1N2C[C@@H](CC[C@H]2c2nnc(C3CC4(CNC4)C3)o2)N1OS(=O)(=O)O. The molecule has 4 atom stereocenters. The molecule has 0 radical (unpaired) electrons. The van der Waals surface area contributed by atoms with Crippen LogP contribution in [0.2, 0.25) is 0 Å². The Hall–Kier alpha value is -3.52. The maximum Gasteiger partial charge on any atom is 0.418 e. The van der Waals surface area contributed by atoms with Crippen LogP contribution in [0.15, 0.2) is 8.83 Å². The van der Waals surface area contributed by atoms with Crippen LogP contribution >= 0.6 is 0 Å². The highest BCUT2D eigenvalue weighted by Gasteiger charge is 2.54. The number of aromatic nitrogens is 4.